The number of halogens is 1. The third-order valence-corrected chi connectivity index (χ3v) is 3.73. The molecule has 2 aromatic rings. The van der Waals surface area contributed by atoms with Crippen molar-refractivity contribution in [2.75, 3.05) is 13.2 Å². The molecule has 5 heteroatoms. The monoisotopic (exact) mass is 304 g/mol. The zero-order valence-electron chi connectivity index (χ0n) is 11.9. The van der Waals surface area contributed by atoms with Crippen LogP contribution in [0, 0.1) is 6.92 Å². The van der Waals surface area contributed by atoms with E-state index >= 15 is 0 Å². The van der Waals surface area contributed by atoms with Gasteiger partial charge >= 0.3 is 0 Å². The Balaban J connectivity index is 1.66. The Morgan fingerprint density at radius 2 is 2.10 bits per heavy atom. The van der Waals surface area contributed by atoms with Crippen LogP contribution in [-0.2, 0) is 13.1 Å². The van der Waals surface area contributed by atoms with Gasteiger partial charge in [-0.2, -0.15) is 0 Å². The summed E-state index contributed by atoms with van der Waals surface area (Å²) in [5.74, 6) is 1.37. The van der Waals surface area contributed by atoms with Crippen LogP contribution >= 0.6 is 11.6 Å². The van der Waals surface area contributed by atoms with Gasteiger partial charge in [0.15, 0.2) is 11.5 Å². The maximum absolute atomic E-state index is 6.23. The Morgan fingerprint density at radius 3 is 2.95 bits per heavy atom. The average Bonchev–Trinajstić information content (AvgIpc) is 2.49. The van der Waals surface area contributed by atoms with E-state index in [1.165, 1.54) is 11.1 Å². The first-order chi connectivity index (χ1) is 10.2. The van der Waals surface area contributed by atoms with Crippen molar-refractivity contribution in [3.8, 4) is 11.5 Å². The second-order valence-corrected chi connectivity index (χ2v) is 5.41. The Hall–Kier alpha value is -1.78. The molecule has 0 radical (unpaired) electrons. The van der Waals surface area contributed by atoms with Gasteiger partial charge in [-0.15, -0.1) is 0 Å². The van der Waals surface area contributed by atoms with Crippen LogP contribution in [0.25, 0.3) is 0 Å². The van der Waals surface area contributed by atoms with Crippen LogP contribution in [0.4, 0.5) is 0 Å². The van der Waals surface area contributed by atoms with Gasteiger partial charge in [0, 0.05) is 25.5 Å². The van der Waals surface area contributed by atoms with Crippen LogP contribution in [0.3, 0.4) is 0 Å². The van der Waals surface area contributed by atoms with Crippen molar-refractivity contribution in [3.63, 3.8) is 0 Å². The molecule has 1 aliphatic heterocycles. The van der Waals surface area contributed by atoms with Crippen molar-refractivity contribution >= 4 is 11.6 Å². The molecule has 110 valence electrons. The number of nitrogens with one attached hydrogen (secondary N) is 1. The first kappa shape index (κ1) is 14.2. The van der Waals surface area contributed by atoms with Gasteiger partial charge < -0.3 is 14.8 Å². The van der Waals surface area contributed by atoms with Gasteiger partial charge in [0.1, 0.15) is 13.2 Å². The number of fused-ring (bicyclic) bond motifs is 1. The fraction of sp³-hybridized carbons (Fsp3) is 0.312. The Bertz CT molecular complexity index is 646. The molecule has 21 heavy (non-hydrogen) atoms. The molecule has 0 spiro atoms. The van der Waals surface area contributed by atoms with Gasteiger partial charge in [-0.25, -0.2) is 0 Å². The molecule has 3 rings (SSSR count). The highest BCUT2D eigenvalue weighted by Crippen LogP contribution is 2.38. The lowest BCUT2D eigenvalue weighted by Gasteiger charge is -2.20. The van der Waals surface area contributed by atoms with Gasteiger partial charge in [-0.1, -0.05) is 11.6 Å². The number of hydrogen-bond acceptors (Lipinski definition) is 4. The minimum atomic E-state index is 0.546. The zero-order chi connectivity index (χ0) is 14.7. The van der Waals surface area contributed by atoms with Crippen LogP contribution in [0.15, 0.2) is 30.6 Å². The highest BCUT2D eigenvalue weighted by Gasteiger charge is 2.16. The van der Waals surface area contributed by atoms with E-state index in [9.17, 15) is 0 Å². The molecule has 0 fully saturated rings. The maximum atomic E-state index is 6.23. The molecule has 0 saturated carbocycles. The normalized spacial score (nSPS) is 13.2. The van der Waals surface area contributed by atoms with E-state index < -0.39 is 0 Å². The van der Waals surface area contributed by atoms with Crippen LogP contribution < -0.4 is 14.8 Å². The summed E-state index contributed by atoms with van der Waals surface area (Å²) in [4.78, 5) is 4.15. The van der Waals surface area contributed by atoms with E-state index in [0.717, 1.165) is 17.9 Å². The fourth-order valence-corrected chi connectivity index (χ4v) is 2.58. The molecular weight excluding hydrogens is 288 g/mol. The Labute approximate surface area is 129 Å². The van der Waals surface area contributed by atoms with Crippen molar-refractivity contribution in [2.45, 2.75) is 20.0 Å². The first-order valence-electron chi connectivity index (χ1n) is 6.92. The van der Waals surface area contributed by atoms with Crippen molar-refractivity contribution in [2.24, 2.45) is 0 Å². The predicted octanol–water partition coefficient (Wildman–Crippen LogP) is 3.10. The summed E-state index contributed by atoms with van der Waals surface area (Å²) in [6.07, 6.45) is 3.69. The van der Waals surface area contributed by atoms with E-state index in [1.807, 2.05) is 24.4 Å². The second kappa shape index (κ2) is 6.33. The largest absolute Gasteiger partial charge is 0.486 e. The number of rotatable bonds is 4. The number of ether oxygens (including phenoxy) is 2. The molecule has 2 heterocycles. The lowest BCUT2D eigenvalue weighted by Crippen LogP contribution is -2.17. The summed E-state index contributed by atoms with van der Waals surface area (Å²) in [6, 6.07) is 5.90. The number of aromatic nitrogens is 1. The van der Waals surface area contributed by atoms with Crippen molar-refractivity contribution in [1.82, 2.24) is 10.3 Å². The first-order valence-corrected chi connectivity index (χ1v) is 7.30. The highest BCUT2D eigenvalue weighted by atomic mass is 35.5. The van der Waals surface area contributed by atoms with Gasteiger partial charge in [0.2, 0.25) is 0 Å². The van der Waals surface area contributed by atoms with Crippen LogP contribution in [0.1, 0.15) is 16.7 Å². The van der Waals surface area contributed by atoms with Gasteiger partial charge in [0.05, 0.1) is 5.02 Å². The number of benzene rings is 1. The number of pyridine rings is 1. The van der Waals surface area contributed by atoms with Gasteiger partial charge in [0.25, 0.3) is 0 Å². The van der Waals surface area contributed by atoms with Crippen LogP contribution in [0.5, 0.6) is 11.5 Å². The van der Waals surface area contributed by atoms with E-state index in [1.54, 1.807) is 6.20 Å². The van der Waals surface area contributed by atoms with Crippen molar-refractivity contribution < 1.29 is 9.47 Å². The average molecular weight is 305 g/mol. The molecule has 0 unspecified atom stereocenters. The fourth-order valence-electron chi connectivity index (χ4n) is 2.29. The smallest absolute Gasteiger partial charge is 0.179 e. The third kappa shape index (κ3) is 3.28. The lowest BCUT2D eigenvalue weighted by molar-refractivity contribution is 0.171. The molecule has 1 aromatic heterocycles. The number of nitrogens with zero attached hydrogens (tertiary/aromatic N) is 1. The molecular formula is C16H17ClN2O2. The minimum absolute atomic E-state index is 0.546. The summed E-state index contributed by atoms with van der Waals surface area (Å²) in [5, 5.41) is 4.00. The third-order valence-electron chi connectivity index (χ3n) is 3.45. The quantitative estimate of drug-likeness (QED) is 0.942. The van der Waals surface area contributed by atoms with Crippen LogP contribution in [-0.4, -0.2) is 18.2 Å². The summed E-state index contributed by atoms with van der Waals surface area (Å²) >= 11 is 6.23. The van der Waals surface area contributed by atoms with Crippen molar-refractivity contribution in [1.29, 1.82) is 0 Å². The number of aryl methyl sites for hydroxylation is 1. The minimum Gasteiger partial charge on any atom is -0.486 e. The van der Waals surface area contributed by atoms with E-state index in [-0.39, 0.29) is 0 Å². The Morgan fingerprint density at radius 1 is 1.24 bits per heavy atom. The van der Waals surface area contributed by atoms with Gasteiger partial charge in [-0.3, -0.25) is 4.98 Å². The molecule has 1 aliphatic rings. The topological polar surface area (TPSA) is 43.4 Å². The predicted molar refractivity (Wildman–Crippen MR) is 82.0 cm³/mol. The maximum Gasteiger partial charge on any atom is 0.179 e. The number of hydrogen-bond donors (Lipinski definition) is 1. The molecule has 0 atom stereocenters. The van der Waals surface area contributed by atoms with E-state index in [0.29, 0.717) is 30.5 Å². The summed E-state index contributed by atoms with van der Waals surface area (Å²) in [5.41, 5.74) is 3.50. The zero-order valence-corrected chi connectivity index (χ0v) is 12.6. The molecule has 0 saturated heterocycles. The molecule has 0 aliphatic carbocycles. The SMILES string of the molecule is Cc1ccncc1CNCc1cc(Cl)c2c(c1)OCCO2. The lowest BCUT2D eigenvalue weighted by atomic mass is 10.1. The standard InChI is InChI=1S/C16H17ClN2O2/c1-11-2-3-18-9-13(11)10-19-8-12-6-14(17)16-15(7-12)20-4-5-21-16/h2-3,6-7,9,19H,4-5,8,10H2,1H3. The summed E-state index contributed by atoms with van der Waals surface area (Å²) < 4.78 is 11.1. The van der Waals surface area contributed by atoms with E-state index in [2.05, 4.69) is 17.2 Å². The van der Waals surface area contributed by atoms with Gasteiger partial charge in [-0.05, 0) is 41.8 Å². The summed E-state index contributed by atoms with van der Waals surface area (Å²) in [7, 11) is 0. The summed E-state index contributed by atoms with van der Waals surface area (Å²) in [6.45, 7) is 4.68. The molecule has 0 bridgehead atoms. The second-order valence-electron chi connectivity index (χ2n) is 5.01. The molecule has 1 aromatic carbocycles. The molecule has 4 nitrogen and oxygen atoms in total. The highest BCUT2D eigenvalue weighted by molar-refractivity contribution is 6.32. The molecule has 0 amide bonds. The Kier molecular flexibility index (Phi) is 4.27. The van der Waals surface area contributed by atoms with Crippen LogP contribution in [0.2, 0.25) is 5.02 Å². The molecule has 1 N–H and O–H groups in total. The van der Waals surface area contributed by atoms with Crippen molar-refractivity contribution in [3.05, 3.63) is 52.3 Å². The van der Waals surface area contributed by atoms with E-state index in [4.69, 9.17) is 21.1 Å².